The number of benzene rings is 2. The van der Waals surface area contributed by atoms with Gasteiger partial charge in [0.05, 0.1) is 27.2 Å². The molecule has 28 heavy (non-hydrogen) atoms. The normalized spacial score (nSPS) is 11.5. The molecule has 1 N–H and O–H groups in total. The van der Waals surface area contributed by atoms with Gasteiger partial charge in [0, 0.05) is 11.1 Å². The molecule has 2 aromatic carbocycles. The van der Waals surface area contributed by atoms with Crippen molar-refractivity contribution in [2.75, 3.05) is 5.32 Å². The van der Waals surface area contributed by atoms with E-state index in [0.29, 0.717) is 22.2 Å². The van der Waals surface area contributed by atoms with E-state index in [2.05, 4.69) is 10.3 Å². The van der Waals surface area contributed by atoms with Crippen LogP contribution in [0, 0.1) is 0 Å². The molecule has 0 spiro atoms. The quantitative estimate of drug-likeness (QED) is 0.444. The summed E-state index contributed by atoms with van der Waals surface area (Å²) in [4.78, 5) is 18.4. The number of carbonyl (C=O) groups excluding carboxylic acids is 1. The zero-order chi connectivity index (χ0) is 19.7. The first kappa shape index (κ1) is 18.2. The number of halogens is 3. The lowest BCUT2D eigenvalue weighted by Gasteiger charge is -2.12. The number of amides is 1. The minimum atomic E-state index is -4.48. The second kappa shape index (κ2) is 7.09. The fraction of sp³-hybridized carbons (Fsp3) is 0.0476. The Bertz CT molecular complexity index is 1150. The molecule has 0 bridgehead atoms. The van der Waals surface area contributed by atoms with E-state index in [1.54, 1.807) is 24.3 Å². The molecule has 0 saturated heterocycles. The first-order valence-corrected chi connectivity index (χ1v) is 9.22. The Kier molecular flexibility index (Phi) is 4.60. The van der Waals surface area contributed by atoms with E-state index in [9.17, 15) is 18.0 Å². The van der Waals surface area contributed by atoms with E-state index < -0.39 is 17.6 Å². The van der Waals surface area contributed by atoms with Gasteiger partial charge in [0.2, 0.25) is 0 Å². The Hall–Kier alpha value is -3.19. The zero-order valence-corrected chi connectivity index (χ0v) is 15.1. The predicted octanol–water partition coefficient (Wildman–Crippen LogP) is 6.23. The zero-order valence-electron chi connectivity index (χ0n) is 14.3. The van der Waals surface area contributed by atoms with Crippen LogP contribution < -0.4 is 5.32 Å². The van der Waals surface area contributed by atoms with Gasteiger partial charge in [-0.25, -0.2) is 4.98 Å². The first-order chi connectivity index (χ1) is 13.4. The third-order valence-electron chi connectivity index (χ3n) is 4.18. The highest BCUT2D eigenvalue weighted by molar-refractivity contribution is 7.13. The number of aromatic nitrogens is 1. The van der Waals surface area contributed by atoms with E-state index in [0.717, 1.165) is 17.0 Å². The van der Waals surface area contributed by atoms with Gasteiger partial charge >= 0.3 is 6.18 Å². The number of para-hydroxylation sites is 1. The Morgan fingerprint density at radius 1 is 0.964 bits per heavy atom. The van der Waals surface area contributed by atoms with Crippen molar-refractivity contribution in [1.29, 1.82) is 0 Å². The van der Waals surface area contributed by atoms with Gasteiger partial charge in [-0.2, -0.15) is 13.2 Å². The predicted molar refractivity (Wildman–Crippen MR) is 104 cm³/mol. The number of carbonyl (C=O) groups is 1. The number of nitrogens with zero attached hydrogens (tertiary/aromatic N) is 1. The standard InChI is InChI=1S/C21H13F3N2OS/c22-21(23,24)13-5-3-6-14(11-13)25-20(27)16-12-18(19-9-4-10-28-19)26-17-8-2-1-7-15(16)17/h1-12H,(H,25,27). The minimum absolute atomic E-state index is 0.0818. The molecule has 0 atom stereocenters. The summed E-state index contributed by atoms with van der Waals surface area (Å²) in [7, 11) is 0. The molecule has 2 heterocycles. The summed E-state index contributed by atoms with van der Waals surface area (Å²) in [5.41, 5.74) is 0.902. The van der Waals surface area contributed by atoms with Crippen LogP contribution in [-0.4, -0.2) is 10.9 Å². The molecule has 7 heteroatoms. The Balaban J connectivity index is 1.75. The summed E-state index contributed by atoms with van der Waals surface area (Å²) in [5, 5.41) is 5.12. The van der Waals surface area contributed by atoms with E-state index in [-0.39, 0.29) is 5.69 Å². The maximum atomic E-state index is 12.9. The summed E-state index contributed by atoms with van der Waals surface area (Å²) >= 11 is 1.49. The highest BCUT2D eigenvalue weighted by atomic mass is 32.1. The molecular formula is C21H13F3N2OS. The van der Waals surface area contributed by atoms with Crippen LogP contribution in [0.25, 0.3) is 21.5 Å². The summed E-state index contributed by atoms with van der Waals surface area (Å²) in [6, 6.07) is 17.2. The van der Waals surface area contributed by atoms with Crippen LogP contribution in [0.5, 0.6) is 0 Å². The maximum absolute atomic E-state index is 12.9. The summed E-state index contributed by atoms with van der Waals surface area (Å²) in [6.45, 7) is 0. The minimum Gasteiger partial charge on any atom is -0.322 e. The van der Waals surface area contributed by atoms with Gasteiger partial charge in [0.25, 0.3) is 5.91 Å². The molecule has 2 aromatic heterocycles. The fourth-order valence-corrected chi connectivity index (χ4v) is 3.57. The summed E-state index contributed by atoms with van der Waals surface area (Å²) in [6.07, 6.45) is -4.48. The van der Waals surface area contributed by atoms with Crippen molar-refractivity contribution in [2.24, 2.45) is 0 Å². The van der Waals surface area contributed by atoms with Crippen LogP contribution in [0.3, 0.4) is 0 Å². The highest BCUT2D eigenvalue weighted by Gasteiger charge is 2.30. The number of hydrogen-bond acceptors (Lipinski definition) is 3. The van der Waals surface area contributed by atoms with Gasteiger partial charge in [-0.05, 0) is 41.8 Å². The van der Waals surface area contributed by atoms with Crippen LogP contribution in [0.15, 0.2) is 72.1 Å². The van der Waals surface area contributed by atoms with Gasteiger partial charge < -0.3 is 5.32 Å². The highest BCUT2D eigenvalue weighted by Crippen LogP contribution is 2.31. The number of fused-ring (bicyclic) bond motifs is 1. The van der Waals surface area contributed by atoms with E-state index >= 15 is 0 Å². The molecule has 0 aliphatic heterocycles. The van der Waals surface area contributed by atoms with Crippen molar-refractivity contribution in [3.63, 3.8) is 0 Å². The van der Waals surface area contributed by atoms with Crippen LogP contribution in [0.2, 0.25) is 0 Å². The van der Waals surface area contributed by atoms with Gasteiger partial charge in [0.15, 0.2) is 0 Å². The third kappa shape index (κ3) is 3.61. The van der Waals surface area contributed by atoms with Crippen molar-refractivity contribution in [3.05, 3.63) is 83.2 Å². The van der Waals surface area contributed by atoms with E-state index in [4.69, 9.17) is 0 Å². The number of thiophene rings is 1. The van der Waals surface area contributed by atoms with Crippen molar-refractivity contribution < 1.29 is 18.0 Å². The van der Waals surface area contributed by atoms with Gasteiger partial charge in [-0.3, -0.25) is 4.79 Å². The van der Waals surface area contributed by atoms with Crippen LogP contribution in [0.4, 0.5) is 18.9 Å². The molecule has 0 fully saturated rings. The third-order valence-corrected chi connectivity index (χ3v) is 5.07. The molecule has 4 rings (SSSR count). The molecule has 0 radical (unpaired) electrons. The first-order valence-electron chi connectivity index (χ1n) is 8.34. The second-order valence-corrected chi connectivity index (χ2v) is 7.03. The maximum Gasteiger partial charge on any atom is 0.416 e. The average molecular weight is 398 g/mol. The number of nitrogens with one attached hydrogen (secondary N) is 1. The molecule has 4 aromatic rings. The Morgan fingerprint density at radius 3 is 2.54 bits per heavy atom. The summed E-state index contributed by atoms with van der Waals surface area (Å²) < 4.78 is 38.8. The Morgan fingerprint density at radius 2 is 1.79 bits per heavy atom. The monoisotopic (exact) mass is 398 g/mol. The summed E-state index contributed by atoms with van der Waals surface area (Å²) in [5.74, 6) is -0.490. The number of pyridine rings is 1. The van der Waals surface area contributed by atoms with Gasteiger partial charge in [-0.1, -0.05) is 30.3 Å². The van der Waals surface area contributed by atoms with Crippen LogP contribution in [-0.2, 0) is 6.18 Å². The number of alkyl halides is 3. The molecule has 0 aliphatic rings. The molecule has 1 amide bonds. The topological polar surface area (TPSA) is 42.0 Å². The van der Waals surface area contributed by atoms with E-state index in [1.807, 2.05) is 23.6 Å². The van der Waals surface area contributed by atoms with Gasteiger partial charge in [-0.15, -0.1) is 11.3 Å². The molecule has 3 nitrogen and oxygen atoms in total. The number of anilines is 1. The van der Waals surface area contributed by atoms with Gasteiger partial charge in [0.1, 0.15) is 0 Å². The Labute approximate surface area is 162 Å². The number of rotatable bonds is 3. The molecule has 0 aliphatic carbocycles. The largest absolute Gasteiger partial charge is 0.416 e. The average Bonchev–Trinajstić information content (AvgIpc) is 3.21. The second-order valence-electron chi connectivity index (χ2n) is 6.08. The molecule has 0 saturated carbocycles. The molecular weight excluding hydrogens is 385 g/mol. The lowest BCUT2D eigenvalue weighted by Crippen LogP contribution is -2.14. The lowest BCUT2D eigenvalue weighted by atomic mass is 10.1. The number of hydrogen-bond donors (Lipinski definition) is 1. The van der Waals surface area contributed by atoms with Crippen molar-refractivity contribution in [3.8, 4) is 10.6 Å². The SMILES string of the molecule is O=C(Nc1cccc(C(F)(F)F)c1)c1cc(-c2cccs2)nc2ccccc12. The van der Waals surface area contributed by atoms with E-state index in [1.165, 1.54) is 23.5 Å². The van der Waals surface area contributed by atoms with Crippen molar-refractivity contribution >= 4 is 33.8 Å². The molecule has 0 unspecified atom stereocenters. The lowest BCUT2D eigenvalue weighted by molar-refractivity contribution is -0.137. The van der Waals surface area contributed by atoms with Crippen LogP contribution in [0.1, 0.15) is 15.9 Å². The fourth-order valence-electron chi connectivity index (χ4n) is 2.89. The smallest absolute Gasteiger partial charge is 0.322 e. The van der Waals surface area contributed by atoms with Crippen molar-refractivity contribution in [1.82, 2.24) is 4.98 Å². The van der Waals surface area contributed by atoms with Crippen molar-refractivity contribution in [2.45, 2.75) is 6.18 Å². The molecule has 140 valence electrons. The van der Waals surface area contributed by atoms with Crippen LogP contribution >= 0.6 is 11.3 Å².